The monoisotopic (exact) mass is 419 g/mol. The largest absolute Gasteiger partial charge is 0.431 e. The topological polar surface area (TPSA) is 92.5 Å². The third kappa shape index (κ3) is 4.37. The van der Waals surface area contributed by atoms with Gasteiger partial charge in [0.1, 0.15) is 5.52 Å². The Balaban J connectivity index is 1.76. The first-order chi connectivity index (χ1) is 13.2. The van der Waals surface area contributed by atoms with E-state index in [-0.39, 0.29) is 10.8 Å². The van der Waals surface area contributed by atoms with E-state index in [1.165, 1.54) is 38.0 Å². The van der Waals surface area contributed by atoms with Crippen LogP contribution in [0.5, 0.6) is 0 Å². The van der Waals surface area contributed by atoms with Crippen LogP contribution < -0.4 is 5.32 Å². The molecule has 0 aliphatic carbocycles. The second-order valence-corrected chi connectivity index (χ2v) is 9.96. The Morgan fingerprint density at radius 2 is 1.96 bits per heavy atom. The summed E-state index contributed by atoms with van der Waals surface area (Å²) in [6, 6.07) is 12.1. The second-order valence-electron chi connectivity index (χ2n) is 6.52. The van der Waals surface area contributed by atoms with Gasteiger partial charge in [-0.15, -0.1) is 0 Å². The van der Waals surface area contributed by atoms with Crippen LogP contribution in [0.1, 0.15) is 12.5 Å². The van der Waals surface area contributed by atoms with Crippen molar-refractivity contribution in [3.8, 4) is 0 Å². The number of fused-ring (bicyclic) bond motifs is 1. The molecule has 1 atom stereocenters. The Morgan fingerprint density at radius 3 is 2.64 bits per heavy atom. The molecule has 0 bridgehead atoms. The van der Waals surface area contributed by atoms with Crippen LogP contribution in [0.15, 0.2) is 57.0 Å². The number of sulfonamides is 1. The summed E-state index contributed by atoms with van der Waals surface area (Å²) >= 11 is 1.17. The molecule has 3 rings (SSSR count). The summed E-state index contributed by atoms with van der Waals surface area (Å²) < 4.78 is 31.3. The van der Waals surface area contributed by atoms with Crippen molar-refractivity contribution < 1.29 is 17.6 Å². The van der Waals surface area contributed by atoms with Crippen molar-refractivity contribution in [2.24, 2.45) is 0 Å². The first-order valence-electron chi connectivity index (χ1n) is 8.54. The lowest BCUT2D eigenvalue weighted by atomic mass is 10.2. The summed E-state index contributed by atoms with van der Waals surface area (Å²) in [5, 5.41) is 2.72. The van der Waals surface area contributed by atoms with E-state index in [2.05, 4.69) is 10.3 Å². The lowest BCUT2D eigenvalue weighted by Gasteiger charge is -2.10. The Bertz CT molecular complexity index is 1120. The number of thioether (sulfide) groups is 1. The molecule has 1 N–H and O–H groups in total. The van der Waals surface area contributed by atoms with E-state index >= 15 is 0 Å². The number of hydrogen-bond acceptors (Lipinski definition) is 6. The third-order valence-corrected chi connectivity index (χ3v) is 6.81. The van der Waals surface area contributed by atoms with Crippen molar-refractivity contribution in [1.82, 2.24) is 9.29 Å². The molecule has 148 valence electrons. The van der Waals surface area contributed by atoms with E-state index in [4.69, 9.17) is 4.42 Å². The van der Waals surface area contributed by atoms with Crippen LogP contribution in [0, 0.1) is 6.92 Å². The molecule has 0 saturated carbocycles. The number of carbonyl (C=O) groups is 1. The van der Waals surface area contributed by atoms with Gasteiger partial charge in [0.25, 0.3) is 5.22 Å². The molecule has 0 spiro atoms. The van der Waals surface area contributed by atoms with Gasteiger partial charge in [0.15, 0.2) is 5.58 Å². The van der Waals surface area contributed by atoms with Crippen LogP contribution in [-0.2, 0) is 14.8 Å². The lowest BCUT2D eigenvalue weighted by molar-refractivity contribution is -0.115. The molecule has 0 fully saturated rings. The number of carbonyl (C=O) groups excluding carboxylic acids is 1. The standard InChI is InChI=1S/C19H21N3O4S2/c1-12-6-5-7-14(10-12)20-18(23)13(2)27-19-21-16-11-15(8-9-17(16)26-19)28(24,25)22(3)4/h5-11,13H,1-4H3,(H,20,23). The number of nitrogens with zero attached hydrogens (tertiary/aromatic N) is 2. The highest BCUT2D eigenvalue weighted by Gasteiger charge is 2.21. The average Bonchev–Trinajstić information content (AvgIpc) is 3.02. The summed E-state index contributed by atoms with van der Waals surface area (Å²) in [5.74, 6) is -0.172. The number of oxazole rings is 1. The fraction of sp³-hybridized carbons (Fsp3) is 0.263. The molecule has 0 radical (unpaired) electrons. The van der Waals surface area contributed by atoms with E-state index in [1.54, 1.807) is 13.0 Å². The summed E-state index contributed by atoms with van der Waals surface area (Å²) in [6.45, 7) is 3.71. The van der Waals surface area contributed by atoms with Gasteiger partial charge in [0.05, 0.1) is 10.1 Å². The summed E-state index contributed by atoms with van der Waals surface area (Å²) in [5.41, 5.74) is 2.68. The molecule has 7 nitrogen and oxygen atoms in total. The van der Waals surface area contributed by atoms with E-state index in [0.29, 0.717) is 16.3 Å². The number of aromatic nitrogens is 1. The molecule has 28 heavy (non-hydrogen) atoms. The number of rotatable bonds is 6. The number of anilines is 1. The molecule has 0 saturated heterocycles. The molecule has 0 aliphatic rings. The third-order valence-electron chi connectivity index (χ3n) is 4.05. The molecular weight excluding hydrogens is 398 g/mol. The average molecular weight is 420 g/mol. The Morgan fingerprint density at radius 1 is 1.21 bits per heavy atom. The molecule has 3 aromatic rings. The predicted molar refractivity (Wildman–Crippen MR) is 110 cm³/mol. The first-order valence-corrected chi connectivity index (χ1v) is 10.9. The maximum atomic E-state index is 12.4. The lowest BCUT2D eigenvalue weighted by Crippen LogP contribution is -2.22. The van der Waals surface area contributed by atoms with Crippen molar-refractivity contribution in [3.63, 3.8) is 0 Å². The van der Waals surface area contributed by atoms with Crippen molar-refractivity contribution in [1.29, 1.82) is 0 Å². The Kier molecular flexibility index (Phi) is 5.78. The molecule has 1 amide bonds. The van der Waals surface area contributed by atoms with Crippen molar-refractivity contribution in [2.45, 2.75) is 29.2 Å². The minimum absolute atomic E-state index is 0.139. The van der Waals surface area contributed by atoms with Gasteiger partial charge in [-0.05, 0) is 49.7 Å². The van der Waals surface area contributed by atoms with Crippen LogP contribution in [0.3, 0.4) is 0 Å². The molecule has 2 aromatic carbocycles. The summed E-state index contributed by atoms with van der Waals surface area (Å²) in [7, 11) is -0.612. The maximum absolute atomic E-state index is 12.4. The van der Waals surface area contributed by atoms with E-state index < -0.39 is 15.3 Å². The molecular formula is C19H21N3O4S2. The smallest absolute Gasteiger partial charge is 0.257 e. The number of nitrogens with one attached hydrogen (secondary N) is 1. The minimum atomic E-state index is -3.55. The van der Waals surface area contributed by atoms with Crippen LogP contribution in [-0.4, -0.2) is 43.0 Å². The van der Waals surface area contributed by atoms with Crippen LogP contribution in [0.4, 0.5) is 5.69 Å². The van der Waals surface area contributed by atoms with Crippen LogP contribution in [0.25, 0.3) is 11.1 Å². The zero-order chi connectivity index (χ0) is 20.5. The van der Waals surface area contributed by atoms with Gasteiger partial charge in [-0.25, -0.2) is 17.7 Å². The number of hydrogen-bond donors (Lipinski definition) is 1. The Labute approximate surface area is 168 Å². The van der Waals surface area contributed by atoms with Crippen molar-refractivity contribution in [3.05, 3.63) is 48.0 Å². The first kappa shape index (κ1) is 20.4. The van der Waals surface area contributed by atoms with Gasteiger partial charge >= 0.3 is 0 Å². The van der Waals surface area contributed by atoms with Crippen molar-refractivity contribution in [2.75, 3.05) is 19.4 Å². The van der Waals surface area contributed by atoms with E-state index in [1.807, 2.05) is 31.2 Å². The number of benzene rings is 2. The van der Waals surface area contributed by atoms with Gasteiger partial charge in [-0.1, -0.05) is 23.9 Å². The van der Waals surface area contributed by atoms with E-state index in [9.17, 15) is 13.2 Å². The van der Waals surface area contributed by atoms with Gasteiger partial charge < -0.3 is 9.73 Å². The highest BCUT2D eigenvalue weighted by atomic mass is 32.2. The van der Waals surface area contributed by atoms with Crippen LogP contribution >= 0.6 is 11.8 Å². The molecule has 1 unspecified atom stereocenters. The zero-order valence-electron chi connectivity index (χ0n) is 16.0. The maximum Gasteiger partial charge on any atom is 0.257 e. The molecule has 9 heteroatoms. The normalized spacial score (nSPS) is 13.0. The zero-order valence-corrected chi connectivity index (χ0v) is 17.6. The van der Waals surface area contributed by atoms with Crippen LogP contribution in [0.2, 0.25) is 0 Å². The number of aryl methyl sites for hydroxylation is 1. The van der Waals surface area contributed by atoms with Gasteiger partial charge in [-0.3, -0.25) is 4.79 Å². The van der Waals surface area contributed by atoms with Gasteiger partial charge in [0, 0.05) is 19.8 Å². The number of amides is 1. The fourth-order valence-corrected chi connectivity index (χ4v) is 4.16. The second kappa shape index (κ2) is 7.94. The highest BCUT2D eigenvalue weighted by molar-refractivity contribution is 8.00. The van der Waals surface area contributed by atoms with Crippen molar-refractivity contribution >= 4 is 44.5 Å². The van der Waals surface area contributed by atoms with Gasteiger partial charge in [0.2, 0.25) is 15.9 Å². The summed E-state index contributed by atoms with van der Waals surface area (Å²) in [4.78, 5) is 16.9. The summed E-state index contributed by atoms with van der Waals surface area (Å²) in [6.07, 6.45) is 0. The SMILES string of the molecule is Cc1cccc(NC(=O)C(C)Sc2nc3cc(S(=O)(=O)N(C)C)ccc3o2)c1. The minimum Gasteiger partial charge on any atom is -0.431 e. The molecule has 1 aromatic heterocycles. The molecule has 0 aliphatic heterocycles. The van der Waals surface area contributed by atoms with E-state index in [0.717, 1.165) is 15.6 Å². The fourth-order valence-electron chi connectivity index (χ4n) is 2.48. The Hall–Kier alpha value is -2.36. The molecule has 1 heterocycles. The van der Waals surface area contributed by atoms with Gasteiger partial charge in [-0.2, -0.15) is 0 Å². The highest BCUT2D eigenvalue weighted by Crippen LogP contribution is 2.29. The quantitative estimate of drug-likeness (QED) is 0.615. The predicted octanol–water partition coefficient (Wildman–Crippen LogP) is 3.51.